The molecule has 0 aliphatic rings. The molecule has 3 N–H and O–H groups in total. The Morgan fingerprint density at radius 1 is 1.14 bits per heavy atom. The van der Waals surface area contributed by atoms with Crippen molar-refractivity contribution in [3.63, 3.8) is 0 Å². The highest BCUT2D eigenvalue weighted by molar-refractivity contribution is 7.90. The van der Waals surface area contributed by atoms with Crippen LogP contribution in [0.2, 0.25) is 0 Å². The summed E-state index contributed by atoms with van der Waals surface area (Å²) in [5.41, 5.74) is 8.47. The molecule has 0 unspecified atom stereocenters. The quantitative estimate of drug-likeness (QED) is 0.849. The predicted molar refractivity (Wildman–Crippen MR) is 85.0 cm³/mol. The van der Waals surface area contributed by atoms with Crippen LogP contribution in [0.4, 0.5) is 17.1 Å². The number of hydrogen-bond acceptors (Lipinski definition) is 5. The number of aryl methyl sites for hydroxylation is 1. The summed E-state index contributed by atoms with van der Waals surface area (Å²) in [6.07, 6.45) is 1.13. The molecule has 0 atom stereocenters. The number of methoxy groups -OCH3 is 1. The van der Waals surface area contributed by atoms with E-state index in [0.717, 1.165) is 17.5 Å². The highest BCUT2D eigenvalue weighted by atomic mass is 32.2. The summed E-state index contributed by atoms with van der Waals surface area (Å²) in [6.45, 7) is 1.96. The van der Waals surface area contributed by atoms with Crippen molar-refractivity contribution >= 4 is 26.9 Å². The molecule has 2 aromatic rings. The summed E-state index contributed by atoms with van der Waals surface area (Å²) in [6, 6.07) is 10.5. The second-order valence-electron chi connectivity index (χ2n) is 4.82. The maximum Gasteiger partial charge on any atom is 0.177 e. The maximum atomic E-state index is 11.7. The number of nitrogen functional groups attached to an aromatic ring is 1. The molecule has 2 rings (SSSR count). The van der Waals surface area contributed by atoms with E-state index in [4.69, 9.17) is 10.5 Å². The summed E-state index contributed by atoms with van der Waals surface area (Å²) in [7, 11) is -1.79. The number of anilines is 3. The molecule has 5 nitrogen and oxygen atoms in total. The third-order valence-electron chi connectivity index (χ3n) is 3.09. The lowest BCUT2D eigenvalue weighted by atomic mass is 10.2. The number of benzene rings is 2. The monoisotopic (exact) mass is 306 g/mol. The predicted octanol–water partition coefficient (Wildman–Crippen LogP) is 2.73. The van der Waals surface area contributed by atoms with Crippen LogP contribution < -0.4 is 15.8 Å². The number of para-hydroxylation sites is 1. The number of sulfone groups is 1. The van der Waals surface area contributed by atoms with Gasteiger partial charge in [0.1, 0.15) is 5.75 Å². The van der Waals surface area contributed by atoms with E-state index in [1.807, 2.05) is 25.1 Å². The van der Waals surface area contributed by atoms with Gasteiger partial charge in [0.25, 0.3) is 0 Å². The number of ether oxygens (including phenoxy) is 1. The number of rotatable bonds is 4. The molecule has 0 amide bonds. The first-order valence-electron chi connectivity index (χ1n) is 6.33. The van der Waals surface area contributed by atoms with Gasteiger partial charge in [0.15, 0.2) is 9.84 Å². The number of nitrogens with two attached hydrogens (primary N) is 1. The molecule has 21 heavy (non-hydrogen) atoms. The van der Waals surface area contributed by atoms with Gasteiger partial charge in [0, 0.05) is 6.26 Å². The number of hydrogen-bond donors (Lipinski definition) is 2. The van der Waals surface area contributed by atoms with E-state index in [-0.39, 0.29) is 10.6 Å². The van der Waals surface area contributed by atoms with Gasteiger partial charge in [-0.05, 0) is 36.8 Å². The van der Waals surface area contributed by atoms with Crippen molar-refractivity contribution in [1.82, 2.24) is 0 Å². The van der Waals surface area contributed by atoms with Gasteiger partial charge >= 0.3 is 0 Å². The van der Waals surface area contributed by atoms with Gasteiger partial charge in [-0.15, -0.1) is 0 Å². The maximum absolute atomic E-state index is 11.7. The van der Waals surface area contributed by atoms with Crippen LogP contribution in [0, 0.1) is 6.92 Å². The standard InChI is InChI=1S/C15H18N2O3S/c1-10-7-8-13(20-2)12(9-10)17-11-5-4-6-14(15(11)16)21(3,18)19/h4-9,17H,16H2,1-3H3. The van der Waals surface area contributed by atoms with Crippen molar-refractivity contribution in [2.45, 2.75) is 11.8 Å². The summed E-state index contributed by atoms with van der Waals surface area (Å²) < 4.78 is 28.7. The lowest BCUT2D eigenvalue weighted by molar-refractivity contribution is 0.416. The molecular weight excluding hydrogens is 288 g/mol. The van der Waals surface area contributed by atoms with Crippen molar-refractivity contribution in [2.75, 3.05) is 24.4 Å². The normalized spacial score (nSPS) is 11.2. The minimum atomic E-state index is -3.37. The highest BCUT2D eigenvalue weighted by Gasteiger charge is 2.15. The van der Waals surface area contributed by atoms with Gasteiger partial charge in [-0.3, -0.25) is 0 Å². The summed E-state index contributed by atoms with van der Waals surface area (Å²) in [4.78, 5) is 0.110. The topological polar surface area (TPSA) is 81.4 Å². The van der Waals surface area contributed by atoms with Crippen molar-refractivity contribution in [3.05, 3.63) is 42.0 Å². The molecule has 6 heteroatoms. The molecule has 0 spiro atoms. The van der Waals surface area contributed by atoms with E-state index < -0.39 is 9.84 Å². The van der Waals surface area contributed by atoms with Gasteiger partial charge in [0.2, 0.25) is 0 Å². The second-order valence-corrected chi connectivity index (χ2v) is 6.80. The fraction of sp³-hybridized carbons (Fsp3) is 0.200. The van der Waals surface area contributed by atoms with E-state index >= 15 is 0 Å². The van der Waals surface area contributed by atoms with Gasteiger partial charge in [-0.1, -0.05) is 12.1 Å². The molecule has 0 saturated carbocycles. The van der Waals surface area contributed by atoms with Crippen LogP contribution in [0.5, 0.6) is 5.75 Å². The fourth-order valence-electron chi connectivity index (χ4n) is 2.04. The molecule has 0 saturated heterocycles. The van der Waals surface area contributed by atoms with Crippen LogP contribution in [-0.2, 0) is 9.84 Å². The Morgan fingerprint density at radius 2 is 1.86 bits per heavy atom. The largest absolute Gasteiger partial charge is 0.495 e. The van der Waals surface area contributed by atoms with E-state index in [2.05, 4.69) is 5.32 Å². The van der Waals surface area contributed by atoms with Crippen LogP contribution in [-0.4, -0.2) is 21.8 Å². The van der Waals surface area contributed by atoms with Crippen LogP contribution in [0.15, 0.2) is 41.3 Å². The summed E-state index contributed by atoms with van der Waals surface area (Å²) in [5.74, 6) is 0.657. The first kappa shape index (κ1) is 15.2. The van der Waals surface area contributed by atoms with Crippen LogP contribution in [0.3, 0.4) is 0 Å². The molecule has 0 radical (unpaired) electrons. The van der Waals surface area contributed by atoms with Crippen molar-refractivity contribution in [3.8, 4) is 5.75 Å². The lowest BCUT2D eigenvalue weighted by Gasteiger charge is -2.15. The molecule has 0 heterocycles. The molecule has 0 fully saturated rings. The second kappa shape index (κ2) is 5.65. The zero-order chi connectivity index (χ0) is 15.6. The van der Waals surface area contributed by atoms with Crippen molar-refractivity contribution in [2.24, 2.45) is 0 Å². The Balaban J connectivity index is 2.48. The smallest absolute Gasteiger partial charge is 0.177 e. The molecule has 0 aliphatic carbocycles. The molecule has 0 aliphatic heterocycles. The summed E-state index contributed by atoms with van der Waals surface area (Å²) in [5, 5.41) is 3.13. The molecule has 0 bridgehead atoms. The van der Waals surface area contributed by atoms with Gasteiger partial charge < -0.3 is 15.8 Å². The first-order chi connectivity index (χ1) is 9.82. The van der Waals surface area contributed by atoms with Crippen LogP contribution >= 0.6 is 0 Å². The lowest BCUT2D eigenvalue weighted by Crippen LogP contribution is -2.05. The Kier molecular flexibility index (Phi) is 4.09. The van der Waals surface area contributed by atoms with E-state index in [1.165, 1.54) is 6.07 Å². The minimum absolute atomic E-state index is 0.110. The fourth-order valence-corrected chi connectivity index (χ4v) is 2.88. The first-order valence-corrected chi connectivity index (χ1v) is 8.22. The van der Waals surface area contributed by atoms with E-state index in [9.17, 15) is 8.42 Å². The van der Waals surface area contributed by atoms with Gasteiger partial charge in [0.05, 0.1) is 29.1 Å². The Morgan fingerprint density at radius 3 is 2.48 bits per heavy atom. The van der Waals surface area contributed by atoms with E-state index in [1.54, 1.807) is 19.2 Å². The third kappa shape index (κ3) is 3.28. The third-order valence-corrected chi connectivity index (χ3v) is 4.24. The molecule has 0 aromatic heterocycles. The summed E-state index contributed by atoms with van der Waals surface area (Å²) >= 11 is 0. The highest BCUT2D eigenvalue weighted by Crippen LogP contribution is 2.33. The average Bonchev–Trinajstić information content (AvgIpc) is 2.40. The Bertz CT molecular complexity index is 770. The van der Waals surface area contributed by atoms with Gasteiger partial charge in [-0.25, -0.2) is 8.42 Å². The molecular formula is C15H18N2O3S. The Labute approximate surface area is 124 Å². The zero-order valence-corrected chi connectivity index (χ0v) is 13.0. The van der Waals surface area contributed by atoms with Crippen LogP contribution in [0.1, 0.15) is 5.56 Å². The minimum Gasteiger partial charge on any atom is -0.495 e. The average molecular weight is 306 g/mol. The van der Waals surface area contributed by atoms with Crippen LogP contribution in [0.25, 0.3) is 0 Å². The van der Waals surface area contributed by atoms with Crippen molar-refractivity contribution in [1.29, 1.82) is 0 Å². The van der Waals surface area contributed by atoms with E-state index in [0.29, 0.717) is 11.4 Å². The molecule has 2 aromatic carbocycles. The zero-order valence-electron chi connectivity index (χ0n) is 12.2. The van der Waals surface area contributed by atoms with Gasteiger partial charge in [-0.2, -0.15) is 0 Å². The SMILES string of the molecule is COc1ccc(C)cc1Nc1cccc(S(C)(=O)=O)c1N. The van der Waals surface area contributed by atoms with Crippen molar-refractivity contribution < 1.29 is 13.2 Å². The number of nitrogens with one attached hydrogen (secondary N) is 1. The molecule has 112 valence electrons. The Hall–Kier alpha value is -2.21.